The summed E-state index contributed by atoms with van der Waals surface area (Å²) >= 11 is 2.72. The normalized spacial score (nSPS) is 20.0. The average molecular weight is 334 g/mol. The zero-order valence-corrected chi connectivity index (χ0v) is 13.7. The van der Waals surface area contributed by atoms with Gasteiger partial charge in [-0.1, -0.05) is 17.4 Å². The molecule has 1 aliphatic rings. The van der Waals surface area contributed by atoms with Crippen LogP contribution in [0.3, 0.4) is 0 Å². The minimum Gasteiger partial charge on any atom is -0.493 e. The van der Waals surface area contributed by atoms with Crippen molar-refractivity contribution >= 4 is 23.1 Å². The summed E-state index contributed by atoms with van der Waals surface area (Å²) in [5.41, 5.74) is 0.959. The molecule has 0 amide bonds. The lowest BCUT2D eigenvalue weighted by Gasteiger charge is -2.26. The number of ether oxygens (including phenoxy) is 2. The number of aromatic amines is 1. The summed E-state index contributed by atoms with van der Waals surface area (Å²) in [5, 5.41) is 10.4. The lowest BCUT2D eigenvalue weighted by Crippen LogP contribution is -2.19. The zero-order chi connectivity index (χ0) is 15.7. The average Bonchev–Trinajstić information content (AvgIpc) is 2.93. The highest BCUT2D eigenvalue weighted by atomic mass is 32.2. The number of hydrogen-bond acceptors (Lipinski definition) is 6. The first-order chi connectivity index (χ1) is 10.7. The first kappa shape index (κ1) is 15.0. The molecule has 3 rings (SSSR count). The molecule has 1 aromatic heterocycles. The molecule has 5 nitrogen and oxygen atoms in total. The van der Waals surface area contributed by atoms with Gasteiger partial charge in [-0.15, -0.1) is 11.8 Å². The largest absolute Gasteiger partial charge is 0.493 e. The lowest BCUT2D eigenvalue weighted by molar-refractivity contribution is 0.354. The summed E-state index contributed by atoms with van der Waals surface area (Å²) in [6.45, 7) is 0. The number of hydrogen-bond donors (Lipinski definition) is 1. The molecule has 2 aromatic rings. The van der Waals surface area contributed by atoms with Crippen molar-refractivity contribution in [3.8, 4) is 17.6 Å². The van der Waals surface area contributed by atoms with Gasteiger partial charge in [0.05, 0.1) is 31.2 Å². The zero-order valence-electron chi connectivity index (χ0n) is 12.1. The minimum atomic E-state index is -0.179. The molecule has 0 spiro atoms. The van der Waals surface area contributed by atoms with E-state index in [-0.39, 0.29) is 16.7 Å². The molecule has 1 aliphatic heterocycles. The fraction of sp³-hybridized carbons (Fsp3) is 0.333. The maximum Gasteiger partial charge on any atom is 0.305 e. The maximum absolute atomic E-state index is 11.7. The highest BCUT2D eigenvalue weighted by Gasteiger charge is 2.34. The Balaban J connectivity index is 2.12. The lowest BCUT2D eigenvalue weighted by atomic mass is 9.86. The third kappa shape index (κ3) is 2.49. The van der Waals surface area contributed by atoms with Gasteiger partial charge in [-0.05, 0) is 17.7 Å². The monoisotopic (exact) mass is 334 g/mol. The molecule has 22 heavy (non-hydrogen) atoms. The van der Waals surface area contributed by atoms with Crippen LogP contribution in [0.15, 0.2) is 28.0 Å². The molecular weight excluding hydrogens is 320 g/mol. The number of nitriles is 1. The Morgan fingerprint density at radius 2 is 2.09 bits per heavy atom. The Morgan fingerprint density at radius 1 is 1.32 bits per heavy atom. The summed E-state index contributed by atoms with van der Waals surface area (Å²) in [7, 11) is 3.17. The first-order valence-electron chi connectivity index (χ1n) is 6.65. The molecule has 2 heterocycles. The highest BCUT2D eigenvalue weighted by molar-refractivity contribution is 7.99. The van der Waals surface area contributed by atoms with Crippen LogP contribution in [0.4, 0.5) is 0 Å². The summed E-state index contributed by atoms with van der Waals surface area (Å²) < 4.78 is 10.6. The van der Waals surface area contributed by atoms with Crippen molar-refractivity contribution in [3.63, 3.8) is 0 Å². The number of thiazole rings is 1. The highest BCUT2D eigenvalue weighted by Crippen LogP contribution is 2.46. The summed E-state index contributed by atoms with van der Waals surface area (Å²) in [5.74, 6) is 1.63. The third-order valence-corrected chi connectivity index (χ3v) is 5.90. The predicted octanol–water partition coefficient (Wildman–Crippen LogP) is 2.83. The number of H-pyrrole nitrogens is 1. The van der Waals surface area contributed by atoms with E-state index < -0.39 is 0 Å². The number of aromatic nitrogens is 1. The Bertz CT molecular complexity index is 791. The van der Waals surface area contributed by atoms with E-state index in [2.05, 4.69) is 11.1 Å². The first-order valence-corrected chi connectivity index (χ1v) is 8.45. The smallest absolute Gasteiger partial charge is 0.305 e. The number of benzene rings is 1. The fourth-order valence-electron chi connectivity index (χ4n) is 2.63. The van der Waals surface area contributed by atoms with Crippen molar-refractivity contribution in [2.24, 2.45) is 5.92 Å². The Kier molecular flexibility index (Phi) is 4.14. The summed E-state index contributed by atoms with van der Waals surface area (Å²) in [4.78, 5) is 15.4. The molecule has 0 unspecified atom stereocenters. The van der Waals surface area contributed by atoms with E-state index in [0.717, 1.165) is 15.5 Å². The van der Waals surface area contributed by atoms with Gasteiger partial charge in [0, 0.05) is 16.5 Å². The van der Waals surface area contributed by atoms with Gasteiger partial charge in [-0.25, -0.2) is 0 Å². The summed E-state index contributed by atoms with van der Waals surface area (Å²) in [6.07, 6.45) is 0. The SMILES string of the molecule is COc1ccc([C@H]2c3sc(=O)[nH]c3SC[C@@H]2C#N)cc1OC. The number of rotatable bonds is 3. The van der Waals surface area contributed by atoms with Crippen molar-refractivity contribution in [3.05, 3.63) is 38.3 Å². The molecule has 7 heteroatoms. The molecular formula is C15H14N2O3S2. The van der Waals surface area contributed by atoms with Gasteiger partial charge in [0.25, 0.3) is 0 Å². The number of fused-ring (bicyclic) bond motifs is 1. The Morgan fingerprint density at radius 3 is 2.77 bits per heavy atom. The van der Waals surface area contributed by atoms with Gasteiger partial charge in [-0.3, -0.25) is 4.79 Å². The van der Waals surface area contributed by atoms with E-state index in [1.54, 1.807) is 14.2 Å². The molecule has 0 bridgehead atoms. The number of thioether (sulfide) groups is 1. The number of nitrogens with one attached hydrogen (secondary N) is 1. The molecule has 0 fully saturated rings. The van der Waals surface area contributed by atoms with Crippen LogP contribution < -0.4 is 14.3 Å². The van der Waals surface area contributed by atoms with Crippen LogP contribution >= 0.6 is 23.1 Å². The van der Waals surface area contributed by atoms with Gasteiger partial charge in [0.1, 0.15) is 0 Å². The Labute approximate surface area is 135 Å². The van der Waals surface area contributed by atoms with Crippen LogP contribution in [0.25, 0.3) is 0 Å². The van der Waals surface area contributed by atoms with Gasteiger partial charge >= 0.3 is 4.87 Å². The molecule has 0 aliphatic carbocycles. The second-order valence-electron chi connectivity index (χ2n) is 4.85. The standard InChI is InChI=1S/C15H14N2O3S2/c1-19-10-4-3-8(5-11(10)20-2)12-9(6-16)7-21-14-13(12)22-15(18)17-14/h3-5,9,12H,7H2,1-2H3,(H,17,18)/t9-,12+/m0/s1. The van der Waals surface area contributed by atoms with Crippen LogP contribution in [-0.4, -0.2) is 25.0 Å². The van der Waals surface area contributed by atoms with Crippen LogP contribution in [-0.2, 0) is 0 Å². The quantitative estimate of drug-likeness (QED) is 0.934. The van der Waals surface area contributed by atoms with E-state index >= 15 is 0 Å². The second kappa shape index (κ2) is 6.07. The van der Waals surface area contributed by atoms with E-state index in [1.165, 1.54) is 23.1 Å². The third-order valence-electron chi connectivity index (χ3n) is 3.67. The molecule has 2 atom stereocenters. The van der Waals surface area contributed by atoms with E-state index in [1.807, 2.05) is 18.2 Å². The van der Waals surface area contributed by atoms with E-state index in [4.69, 9.17) is 9.47 Å². The van der Waals surface area contributed by atoms with Crippen LogP contribution in [0.5, 0.6) is 11.5 Å². The van der Waals surface area contributed by atoms with Crippen molar-refractivity contribution in [1.82, 2.24) is 4.98 Å². The van der Waals surface area contributed by atoms with Crippen molar-refractivity contribution in [2.45, 2.75) is 10.9 Å². The van der Waals surface area contributed by atoms with Gasteiger partial charge in [0.2, 0.25) is 0 Å². The number of methoxy groups -OCH3 is 2. The number of nitrogens with zero attached hydrogens (tertiary/aromatic N) is 1. The molecule has 0 saturated carbocycles. The van der Waals surface area contributed by atoms with Crippen LogP contribution in [0, 0.1) is 17.2 Å². The van der Waals surface area contributed by atoms with Gasteiger partial charge < -0.3 is 14.5 Å². The molecule has 0 radical (unpaired) electrons. The van der Waals surface area contributed by atoms with Crippen molar-refractivity contribution in [1.29, 1.82) is 5.26 Å². The summed E-state index contributed by atoms with van der Waals surface area (Å²) in [6, 6.07) is 8.02. The van der Waals surface area contributed by atoms with Crippen LogP contribution in [0.1, 0.15) is 16.4 Å². The topological polar surface area (TPSA) is 75.1 Å². The predicted molar refractivity (Wildman–Crippen MR) is 86.2 cm³/mol. The second-order valence-corrected chi connectivity index (χ2v) is 6.89. The molecule has 1 N–H and O–H groups in total. The van der Waals surface area contributed by atoms with Crippen molar-refractivity contribution in [2.75, 3.05) is 20.0 Å². The van der Waals surface area contributed by atoms with Gasteiger partial charge in [0.15, 0.2) is 11.5 Å². The molecule has 0 saturated heterocycles. The minimum absolute atomic E-state index is 0.0819. The Hall–Kier alpha value is -1.91. The molecule has 1 aromatic carbocycles. The van der Waals surface area contributed by atoms with Gasteiger partial charge in [-0.2, -0.15) is 5.26 Å². The van der Waals surface area contributed by atoms with E-state index in [9.17, 15) is 10.1 Å². The van der Waals surface area contributed by atoms with E-state index in [0.29, 0.717) is 17.3 Å². The van der Waals surface area contributed by atoms with Crippen molar-refractivity contribution < 1.29 is 9.47 Å². The maximum atomic E-state index is 11.7. The molecule has 114 valence electrons. The van der Waals surface area contributed by atoms with Crippen LogP contribution in [0.2, 0.25) is 0 Å². The fourth-order valence-corrected chi connectivity index (χ4v) is 4.97.